The predicted octanol–water partition coefficient (Wildman–Crippen LogP) is 2.26. The van der Waals surface area contributed by atoms with Gasteiger partial charge >= 0.3 is 0 Å². The number of hydrogen-bond donors (Lipinski definition) is 2. The number of carbonyl (C=O) groups excluding carboxylic acids is 1. The van der Waals surface area contributed by atoms with Crippen LogP contribution in [0.5, 0.6) is 0 Å². The van der Waals surface area contributed by atoms with Crippen LogP contribution in [-0.2, 0) is 4.79 Å². The third-order valence-corrected chi connectivity index (χ3v) is 4.26. The Labute approximate surface area is 110 Å². The number of nitrogens with one attached hydrogen (secondary N) is 1. The lowest BCUT2D eigenvalue weighted by molar-refractivity contribution is -0.123. The van der Waals surface area contributed by atoms with E-state index < -0.39 is 0 Å². The largest absolute Gasteiger partial charge is 0.355 e. The lowest BCUT2D eigenvalue weighted by Crippen LogP contribution is -2.44. The zero-order chi connectivity index (χ0) is 13.3. The number of thioether (sulfide) groups is 1. The molecule has 0 heterocycles. The van der Waals surface area contributed by atoms with Gasteiger partial charge in [0.1, 0.15) is 0 Å². The summed E-state index contributed by atoms with van der Waals surface area (Å²) < 4.78 is 0. The highest BCUT2D eigenvalue weighted by Gasteiger charge is 2.18. The monoisotopic (exact) mass is 260 g/mol. The first-order chi connectivity index (χ1) is 7.99. The van der Waals surface area contributed by atoms with E-state index in [-0.39, 0.29) is 17.9 Å². The predicted molar refractivity (Wildman–Crippen MR) is 77.2 cm³/mol. The smallest absolute Gasteiger partial charge is 0.237 e. The van der Waals surface area contributed by atoms with Crippen molar-refractivity contribution in [2.24, 2.45) is 17.6 Å². The lowest BCUT2D eigenvalue weighted by atomic mass is 9.99. The van der Waals surface area contributed by atoms with Crippen LogP contribution in [0.25, 0.3) is 0 Å². The number of hydrogen-bond acceptors (Lipinski definition) is 3. The van der Waals surface area contributed by atoms with Crippen LogP contribution < -0.4 is 11.1 Å². The van der Waals surface area contributed by atoms with Gasteiger partial charge in [-0.2, -0.15) is 11.8 Å². The van der Waals surface area contributed by atoms with E-state index in [1.54, 1.807) is 0 Å². The summed E-state index contributed by atoms with van der Waals surface area (Å²) >= 11 is 1.95. The summed E-state index contributed by atoms with van der Waals surface area (Å²) in [6, 6.07) is -0.358. The van der Waals surface area contributed by atoms with Gasteiger partial charge in [0.15, 0.2) is 0 Å². The zero-order valence-electron chi connectivity index (χ0n) is 11.7. The highest BCUT2D eigenvalue weighted by atomic mass is 32.2. The summed E-state index contributed by atoms with van der Waals surface area (Å²) in [6.07, 6.45) is 1.97. The second-order valence-electron chi connectivity index (χ2n) is 5.02. The molecule has 4 heteroatoms. The van der Waals surface area contributed by atoms with Gasteiger partial charge in [0, 0.05) is 6.54 Å². The van der Waals surface area contributed by atoms with Gasteiger partial charge in [-0.25, -0.2) is 0 Å². The van der Waals surface area contributed by atoms with Gasteiger partial charge in [0.2, 0.25) is 5.91 Å². The highest BCUT2D eigenvalue weighted by molar-refractivity contribution is 7.99. The molecule has 0 aromatic heterocycles. The van der Waals surface area contributed by atoms with Crippen molar-refractivity contribution in [3.63, 3.8) is 0 Å². The highest BCUT2D eigenvalue weighted by Crippen LogP contribution is 2.08. The molecular formula is C13H28N2OS. The van der Waals surface area contributed by atoms with Gasteiger partial charge in [-0.1, -0.05) is 34.1 Å². The van der Waals surface area contributed by atoms with Crippen molar-refractivity contribution >= 4 is 17.7 Å². The number of nitrogens with two attached hydrogens (primary N) is 1. The second kappa shape index (κ2) is 9.77. The van der Waals surface area contributed by atoms with Crippen LogP contribution in [-0.4, -0.2) is 30.0 Å². The van der Waals surface area contributed by atoms with Crippen molar-refractivity contribution in [3.05, 3.63) is 0 Å². The molecule has 2 unspecified atom stereocenters. The minimum Gasteiger partial charge on any atom is -0.355 e. The van der Waals surface area contributed by atoms with Crippen LogP contribution in [0.15, 0.2) is 0 Å². The fourth-order valence-corrected chi connectivity index (χ4v) is 2.32. The van der Waals surface area contributed by atoms with E-state index in [1.807, 2.05) is 18.7 Å². The first kappa shape index (κ1) is 16.8. The van der Waals surface area contributed by atoms with E-state index in [1.165, 1.54) is 5.75 Å². The summed E-state index contributed by atoms with van der Waals surface area (Å²) in [5, 5.41) is 2.91. The van der Waals surface area contributed by atoms with Gasteiger partial charge in [0.05, 0.1) is 6.04 Å². The van der Waals surface area contributed by atoms with Crippen LogP contribution in [0.2, 0.25) is 0 Å². The Bertz CT molecular complexity index is 210. The maximum absolute atomic E-state index is 11.6. The number of amides is 1. The molecule has 0 spiro atoms. The van der Waals surface area contributed by atoms with Crippen molar-refractivity contribution in [3.8, 4) is 0 Å². The molecular weight excluding hydrogens is 232 g/mol. The summed E-state index contributed by atoms with van der Waals surface area (Å²) in [7, 11) is 0. The quantitative estimate of drug-likeness (QED) is 0.625. The fraction of sp³-hybridized carbons (Fsp3) is 0.923. The molecule has 0 fully saturated rings. The maximum atomic E-state index is 11.6. The summed E-state index contributed by atoms with van der Waals surface area (Å²) in [5.41, 5.74) is 5.83. The van der Waals surface area contributed by atoms with Gasteiger partial charge in [-0.3, -0.25) is 4.79 Å². The number of carbonyl (C=O) groups is 1. The lowest BCUT2D eigenvalue weighted by Gasteiger charge is -2.17. The summed E-state index contributed by atoms with van der Waals surface area (Å²) in [5.74, 6) is 3.30. The fourth-order valence-electron chi connectivity index (χ4n) is 1.34. The molecule has 0 aliphatic carbocycles. The molecule has 0 aliphatic heterocycles. The standard InChI is InChI=1S/C13H28N2OS/c1-5-11(4)12(14)13(16)15-7-6-8-17-9-10(2)3/h10-12H,5-9,14H2,1-4H3,(H,15,16). The van der Waals surface area contributed by atoms with Crippen molar-refractivity contribution in [1.82, 2.24) is 5.32 Å². The van der Waals surface area contributed by atoms with Crippen LogP contribution in [0.3, 0.4) is 0 Å². The van der Waals surface area contributed by atoms with E-state index in [9.17, 15) is 4.79 Å². The molecule has 0 aromatic rings. The molecule has 0 radical (unpaired) electrons. The number of rotatable bonds is 9. The summed E-state index contributed by atoms with van der Waals surface area (Å²) in [4.78, 5) is 11.6. The average Bonchev–Trinajstić information content (AvgIpc) is 2.30. The molecule has 0 bridgehead atoms. The zero-order valence-corrected chi connectivity index (χ0v) is 12.5. The van der Waals surface area contributed by atoms with Gasteiger partial charge in [0.25, 0.3) is 0 Å². The molecule has 0 aliphatic rings. The SMILES string of the molecule is CCC(C)C(N)C(=O)NCCCSCC(C)C. The Hall–Kier alpha value is -0.220. The molecule has 2 atom stereocenters. The second-order valence-corrected chi connectivity index (χ2v) is 6.17. The Morgan fingerprint density at radius 1 is 1.35 bits per heavy atom. The van der Waals surface area contributed by atoms with Gasteiger partial charge in [-0.05, 0) is 29.8 Å². The molecule has 0 aromatic carbocycles. The Kier molecular flexibility index (Phi) is 9.65. The molecule has 3 nitrogen and oxygen atoms in total. The Morgan fingerprint density at radius 3 is 2.53 bits per heavy atom. The molecule has 102 valence electrons. The molecule has 0 saturated carbocycles. The Balaban J connectivity index is 3.51. The molecule has 0 saturated heterocycles. The van der Waals surface area contributed by atoms with Crippen molar-refractivity contribution in [2.75, 3.05) is 18.1 Å². The first-order valence-corrected chi connectivity index (χ1v) is 7.75. The van der Waals surface area contributed by atoms with Crippen LogP contribution >= 0.6 is 11.8 Å². The first-order valence-electron chi connectivity index (χ1n) is 6.60. The van der Waals surface area contributed by atoms with E-state index in [0.717, 1.165) is 31.1 Å². The van der Waals surface area contributed by atoms with Crippen molar-refractivity contribution in [1.29, 1.82) is 0 Å². The van der Waals surface area contributed by atoms with Crippen molar-refractivity contribution < 1.29 is 4.79 Å². The molecule has 1 amide bonds. The van der Waals surface area contributed by atoms with Gasteiger partial charge < -0.3 is 11.1 Å². The molecule has 3 N–H and O–H groups in total. The molecule has 0 rings (SSSR count). The molecule has 17 heavy (non-hydrogen) atoms. The van der Waals surface area contributed by atoms with Crippen LogP contribution in [0, 0.1) is 11.8 Å². The van der Waals surface area contributed by atoms with E-state index >= 15 is 0 Å². The normalized spacial score (nSPS) is 14.7. The average molecular weight is 260 g/mol. The van der Waals surface area contributed by atoms with Crippen LogP contribution in [0.1, 0.15) is 40.5 Å². The third-order valence-electron chi connectivity index (χ3n) is 2.78. The topological polar surface area (TPSA) is 55.1 Å². The van der Waals surface area contributed by atoms with E-state index in [0.29, 0.717) is 0 Å². The van der Waals surface area contributed by atoms with E-state index in [2.05, 4.69) is 26.1 Å². The van der Waals surface area contributed by atoms with E-state index in [4.69, 9.17) is 5.73 Å². The minimum atomic E-state index is -0.358. The summed E-state index contributed by atoms with van der Waals surface area (Å²) in [6.45, 7) is 9.26. The Morgan fingerprint density at radius 2 is 2.00 bits per heavy atom. The van der Waals surface area contributed by atoms with Crippen LogP contribution in [0.4, 0.5) is 0 Å². The third kappa shape index (κ3) is 8.50. The minimum absolute atomic E-state index is 0.00629. The van der Waals surface area contributed by atoms with Crippen molar-refractivity contribution in [2.45, 2.75) is 46.6 Å². The van der Waals surface area contributed by atoms with Gasteiger partial charge in [-0.15, -0.1) is 0 Å². The maximum Gasteiger partial charge on any atom is 0.237 e.